The van der Waals surface area contributed by atoms with Crippen LogP contribution in [0.15, 0.2) is 12.2 Å². The first-order valence-corrected chi connectivity index (χ1v) is 5.95. The molecular weight excluding hydrogens is 202 g/mol. The van der Waals surface area contributed by atoms with E-state index >= 15 is 0 Å². The van der Waals surface area contributed by atoms with Gasteiger partial charge in [0.25, 0.3) is 0 Å². The minimum Gasteiger partial charge on any atom is -0.379 e. The van der Waals surface area contributed by atoms with Crippen LogP contribution in [0.4, 0.5) is 0 Å². The largest absolute Gasteiger partial charge is 0.379 e. The molecular formula is C13H23NO2. The summed E-state index contributed by atoms with van der Waals surface area (Å²) in [5.74, 6) is 0.303. The van der Waals surface area contributed by atoms with E-state index in [1.807, 2.05) is 20.8 Å². The first-order valence-electron chi connectivity index (χ1n) is 5.95. The Kier molecular flexibility index (Phi) is 4.69. The third-order valence-corrected chi connectivity index (χ3v) is 3.26. The molecule has 0 spiro atoms. The minimum absolute atomic E-state index is 0.303. The SMILES string of the molecule is C=C(C)CCC(=O)C(C)(C)N1CCOCC1. The summed E-state index contributed by atoms with van der Waals surface area (Å²) in [6.07, 6.45) is 1.40. The van der Waals surface area contributed by atoms with Crippen LogP contribution in [0.5, 0.6) is 0 Å². The Hall–Kier alpha value is -0.670. The first-order chi connectivity index (χ1) is 7.44. The molecule has 1 aliphatic rings. The van der Waals surface area contributed by atoms with E-state index in [1.54, 1.807) is 0 Å². The van der Waals surface area contributed by atoms with Gasteiger partial charge in [0.15, 0.2) is 5.78 Å². The molecule has 1 saturated heterocycles. The molecule has 0 N–H and O–H groups in total. The van der Waals surface area contributed by atoms with Gasteiger partial charge in [0.05, 0.1) is 18.8 Å². The molecule has 0 aromatic heterocycles. The predicted molar refractivity (Wildman–Crippen MR) is 65.5 cm³/mol. The van der Waals surface area contributed by atoms with Crippen LogP contribution in [0.25, 0.3) is 0 Å². The van der Waals surface area contributed by atoms with Crippen molar-refractivity contribution in [3.8, 4) is 0 Å². The molecule has 3 heteroatoms. The van der Waals surface area contributed by atoms with E-state index in [9.17, 15) is 4.79 Å². The van der Waals surface area contributed by atoms with Crippen LogP contribution in [0.1, 0.15) is 33.6 Å². The Balaban J connectivity index is 2.53. The number of carbonyl (C=O) groups is 1. The van der Waals surface area contributed by atoms with E-state index in [4.69, 9.17) is 4.74 Å². The van der Waals surface area contributed by atoms with Crippen molar-refractivity contribution in [2.75, 3.05) is 26.3 Å². The summed E-state index contributed by atoms with van der Waals surface area (Å²) in [7, 11) is 0. The number of hydrogen-bond donors (Lipinski definition) is 0. The van der Waals surface area contributed by atoms with Crippen LogP contribution in [0.3, 0.4) is 0 Å². The summed E-state index contributed by atoms with van der Waals surface area (Å²) in [6, 6.07) is 0. The Morgan fingerprint density at radius 1 is 1.31 bits per heavy atom. The van der Waals surface area contributed by atoms with Crippen molar-refractivity contribution >= 4 is 5.78 Å². The Morgan fingerprint density at radius 2 is 1.88 bits per heavy atom. The third-order valence-electron chi connectivity index (χ3n) is 3.26. The fourth-order valence-corrected chi connectivity index (χ4v) is 1.93. The first kappa shape index (κ1) is 13.4. The summed E-state index contributed by atoms with van der Waals surface area (Å²) >= 11 is 0. The van der Waals surface area contributed by atoms with Crippen LogP contribution in [-0.4, -0.2) is 42.5 Å². The molecule has 0 radical (unpaired) electrons. The standard InChI is InChI=1S/C13H23NO2/c1-11(2)5-6-12(15)13(3,4)14-7-9-16-10-8-14/h1,5-10H2,2-4H3. The van der Waals surface area contributed by atoms with Crippen molar-refractivity contribution in [1.82, 2.24) is 4.90 Å². The topological polar surface area (TPSA) is 29.5 Å². The highest BCUT2D eigenvalue weighted by Gasteiger charge is 2.34. The molecule has 16 heavy (non-hydrogen) atoms. The molecule has 0 unspecified atom stereocenters. The number of morpholine rings is 1. The molecule has 0 amide bonds. The Bertz CT molecular complexity index is 265. The van der Waals surface area contributed by atoms with Gasteiger partial charge in [-0.3, -0.25) is 9.69 Å². The maximum Gasteiger partial charge on any atom is 0.152 e. The molecule has 0 bridgehead atoms. The second-order valence-corrected chi connectivity index (χ2v) is 5.04. The van der Waals surface area contributed by atoms with Gasteiger partial charge in [-0.2, -0.15) is 0 Å². The summed E-state index contributed by atoms with van der Waals surface area (Å²) in [6.45, 7) is 13.0. The van der Waals surface area contributed by atoms with Crippen molar-refractivity contribution in [3.63, 3.8) is 0 Å². The number of ketones is 1. The lowest BCUT2D eigenvalue weighted by molar-refractivity contribution is -0.132. The van der Waals surface area contributed by atoms with Crippen LogP contribution in [0.2, 0.25) is 0 Å². The highest BCUT2D eigenvalue weighted by atomic mass is 16.5. The van der Waals surface area contributed by atoms with Gasteiger partial charge in [0.2, 0.25) is 0 Å². The normalized spacial score (nSPS) is 18.4. The maximum absolute atomic E-state index is 12.1. The van der Waals surface area contributed by atoms with Gasteiger partial charge in [-0.15, -0.1) is 6.58 Å². The van der Waals surface area contributed by atoms with Gasteiger partial charge in [-0.1, -0.05) is 5.57 Å². The van der Waals surface area contributed by atoms with E-state index in [0.717, 1.165) is 38.3 Å². The van der Waals surface area contributed by atoms with Gasteiger partial charge in [0.1, 0.15) is 0 Å². The lowest BCUT2D eigenvalue weighted by atomic mass is 9.92. The Labute approximate surface area is 98.5 Å². The van der Waals surface area contributed by atoms with Crippen molar-refractivity contribution < 1.29 is 9.53 Å². The quantitative estimate of drug-likeness (QED) is 0.670. The second kappa shape index (κ2) is 5.60. The van der Waals surface area contributed by atoms with E-state index < -0.39 is 0 Å². The maximum atomic E-state index is 12.1. The number of rotatable bonds is 5. The molecule has 1 rings (SSSR count). The number of carbonyl (C=O) groups excluding carboxylic acids is 1. The fourth-order valence-electron chi connectivity index (χ4n) is 1.93. The van der Waals surface area contributed by atoms with E-state index in [0.29, 0.717) is 12.2 Å². The lowest BCUT2D eigenvalue weighted by Gasteiger charge is -2.39. The fraction of sp³-hybridized carbons (Fsp3) is 0.769. The molecule has 3 nitrogen and oxygen atoms in total. The zero-order valence-electron chi connectivity index (χ0n) is 10.7. The van der Waals surface area contributed by atoms with Crippen LogP contribution in [-0.2, 0) is 9.53 Å². The van der Waals surface area contributed by atoms with Crippen LogP contribution < -0.4 is 0 Å². The van der Waals surface area contributed by atoms with Crippen molar-refractivity contribution in [2.45, 2.75) is 39.2 Å². The predicted octanol–water partition coefficient (Wildman–Crippen LogP) is 2.02. The average Bonchev–Trinajstić information content (AvgIpc) is 2.27. The van der Waals surface area contributed by atoms with Gasteiger partial charge < -0.3 is 4.74 Å². The lowest BCUT2D eigenvalue weighted by Crippen LogP contribution is -2.54. The number of Topliss-reactive ketones (excluding diaryl/α,β-unsaturated/α-hetero) is 1. The minimum atomic E-state index is -0.362. The molecule has 0 aromatic carbocycles. The Morgan fingerprint density at radius 3 is 2.38 bits per heavy atom. The van der Waals surface area contributed by atoms with Gasteiger partial charge in [-0.05, 0) is 27.2 Å². The van der Waals surface area contributed by atoms with Gasteiger partial charge in [-0.25, -0.2) is 0 Å². The smallest absolute Gasteiger partial charge is 0.152 e. The van der Waals surface area contributed by atoms with E-state index in [2.05, 4.69) is 11.5 Å². The molecule has 1 fully saturated rings. The molecule has 92 valence electrons. The number of ether oxygens (including phenoxy) is 1. The molecule has 0 aliphatic carbocycles. The molecule has 1 aliphatic heterocycles. The second-order valence-electron chi connectivity index (χ2n) is 5.04. The monoisotopic (exact) mass is 225 g/mol. The van der Waals surface area contributed by atoms with Crippen LogP contribution in [0, 0.1) is 0 Å². The van der Waals surface area contributed by atoms with Gasteiger partial charge in [0, 0.05) is 19.5 Å². The summed E-state index contributed by atoms with van der Waals surface area (Å²) in [4.78, 5) is 14.4. The van der Waals surface area contributed by atoms with Crippen molar-refractivity contribution in [1.29, 1.82) is 0 Å². The zero-order valence-corrected chi connectivity index (χ0v) is 10.7. The highest BCUT2D eigenvalue weighted by molar-refractivity contribution is 5.87. The average molecular weight is 225 g/mol. The zero-order chi connectivity index (χ0) is 12.2. The van der Waals surface area contributed by atoms with E-state index in [-0.39, 0.29) is 5.54 Å². The van der Waals surface area contributed by atoms with E-state index in [1.165, 1.54) is 0 Å². The van der Waals surface area contributed by atoms with Crippen molar-refractivity contribution in [2.24, 2.45) is 0 Å². The molecule has 0 saturated carbocycles. The summed E-state index contributed by atoms with van der Waals surface area (Å²) in [5.41, 5.74) is 0.713. The third kappa shape index (κ3) is 3.42. The number of nitrogens with zero attached hydrogens (tertiary/aromatic N) is 1. The molecule has 1 heterocycles. The summed E-state index contributed by atoms with van der Waals surface area (Å²) in [5, 5.41) is 0. The highest BCUT2D eigenvalue weighted by Crippen LogP contribution is 2.20. The number of hydrogen-bond acceptors (Lipinski definition) is 3. The summed E-state index contributed by atoms with van der Waals surface area (Å²) < 4.78 is 5.31. The van der Waals surface area contributed by atoms with Crippen molar-refractivity contribution in [3.05, 3.63) is 12.2 Å². The van der Waals surface area contributed by atoms with Crippen LogP contribution >= 0.6 is 0 Å². The molecule has 0 aromatic rings. The molecule has 0 atom stereocenters. The number of allylic oxidation sites excluding steroid dienone is 1. The van der Waals surface area contributed by atoms with Gasteiger partial charge >= 0.3 is 0 Å².